The molecule has 0 aliphatic rings. The van der Waals surface area contributed by atoms with E-state index < -0.39 is 5.60 Å². The number of nitrogens with one attached hydrogen (secondary N) is 1. The van der Waals surface area contributed by atoms with Crippen molar-refractivity contribution in [3.63, 3.8) is 0 Å². The third-order valence-electron chi connectivity index (χ3n) is 4.08. The summed E-state index contributed by atoms with van der Waals surface area (Å²) in [6.07, 6.45) is -0.376. The van der Waals surface area contributed by atoms with Crippen LogP contribution in [0.5, 0.6) is 0 Å². The van der Waals surface area contributed by atoms with Crippen LogP contribution in [0.3, 0.4) is 0 Å². The van der Waals surface area contributed by atoms with Gasteiger partial charge in [0.05, 0.1) is 12.2 Å². The summed E-state index contributed by atoms with van der Waals surface area (Å²) in [5.41, 5.74) is 2.77. The fraction of sp³-hybridized carbons (Fsp3) is 0.476. The van der Waals surface area contributed by atoms with E-state index in [0.29, 0.717) is 18.8 Å². The molecule has 1 heterocycles. The van der Waals surface area contributed by atoms with Crippen molar-refractivity contribution in [3.05, 3.63) is 47.3 Å². The van der Waals surface area contributed by atoms with Gasteiger partial charge in [-0.25, -0.2) is 4.79 Å². The standard InChI is InChI=1S/C21H30N4O3/c1-7-24(20(27)28-21(4,5)6)13-17-10-8-9-11-18(17)22-19(26)14-25-16(3)12-15(2)23-25/h8-12H,7,13-14H2,1-6H3,(H,22,26). The number of amides is 2. The fourth-order valence-corrected chi connectivity index (χ4v) is 2.78. The Labute approximate surface area is 166 Å². The summed E-state index contributed by atoms with van der Waals surface area (Å²) in [6, 6.07) is 9.39. The number of anilines is 1. The first-order valence-electron chi connectivity index (χ1n) is 9.45. The molecule has 0 saturated heterocycles. The van der Waals surface area contributed by atoms with Crippen LogP contribution in [0.1, 0.15) is 44.6 Å². The average Bonchev–Trinajstić information content (AvgIpc) is 2.89. The predicted molar refractivity (Wildman–Crippen MR) is 109 cm³/mol. The van der Waals surface area contributed by atoms with Crippen molar-refractivity contribution in [3.8, 4) is 0 Å². The minimum atomic E-state index is -0.558. The minimum absolute atomic E-state index is 0.136. The molecule has 2 rings (SSSR count). The quantitative estimate of drug-likeness (QED) is 0.817. The van der Waals surface area contributed by atoms with Gasteiger partial charge in [-0.05, 0) is 59.2 Å². The lowest BCUT2D eigenvalue weighted by molar-refractivity contribution is -0.116. The number of aryl methyl sites for hydroxylation is 2. The number of hydrogen-bond acceptors (Lipinski definition) is 4. The predicted octanol–water partition coefficient (Wildman–Crippen LogP) is 3.90. The zero-order valence-electron chi connectivity index (χ0n) is 17.6. The number of benzene rings is 1. The van der Waals surface area contributed by atoms with Gasteiger partial charge in [0.15, 0.2) is 0 Å². The summed E-state index contributed by atoms with van der Waals surface area (Å²) in [7, 11) is 0. The van der Waals surface area contributed by atoms with Crippen LogP contribution >= 0.6 is 0 Å². The van der Waals surface area contributed by atoms with Gasteiger partial charge in [-0.1, -0.05) is 18.2 Å². The summed E-state index contributed by atoms with van der Waals surface area (Å²) in [5, 5.41) is 7.25. The van der Waals surface area contributed by atoms with Gasteiger partial charge < -0.3 is 15.0 Å². The molecule has 1 aromatic carbocycles. The van der Waals surface area contributed by atoms with Crippen LogP contribution in [0.2, 0.25) is 0 Å². The lowest BCUT2D eigenvalue weighted by Crippen LogP contribution is -2.36. The van der Waals surface area contributed by atoms with Crippen molar-refractivity contribution in [1.29, 1.82) is 0 Å². The number of carbonyl (C=O) groups excluding carboxylic acids is 2. The van der Waals surface area contributed by atoms with Crippen LogP contribution in [0.25, 0.3) is 0 Å². The van der Waals surface area contributed by atoms with Crippen molar-refractivity contribution < 1.29 is 14.3 Å². The Kier molecular flexibility index (Phi) is 6.83. The van der Waals surface area contributed by atoms with E-state index in [-0.39, 0.29) is 18.5 Å². The summed E-state index contributed by atoms with van der Waals surface area (Å²) >= 11 is 0. The summed E-state index contributed by atoms with van der Waals surface area (Å²) in [6.45, 7) is 12.2. The van der Waals surface area contributed by atoms with Crippen LogP contribution in [0, 0.1) is 13.8 Å². The molecular formula is C21H30N4O3. The van der Waals surface area contributed by atoms with E-state index in [1.54, 1.807) is 9.58 Å². The molecule has 7 nitrogen and oxygen atoms in total. The molecule has 0 saturated carbocycles. The molecule has 0 fully saturated rings. The Hall–Kier alpha value is -2.83. The zero-order chi connectivity index (χ0) is 20.9. The number of rotatable bonds is 6. The Morgan fingerprint density at radius 3 is 2.46 bits per heavy atom. The second-order valence-corrected chi connectivity index (χ2v) is 7.78. The maximum absolute atomic E-state index is 12.5. The van der Waals surface area contributed by atoms with Crippen LogP contribution in [-0.2, 0) is 22.6 Å². The normalized spacial score (nSPS) is 11.2. The third-order valence-corrected chi connectivity index (χ3v) is 4.08. The molecule has 2 aromatic rings. The highest BCUT2D eigenvalue weighted by molar-refractivity contribution is 5.91. The molecular weight excluding hydrogens is 356 g/mol. The molecule has 0 atom stereocenters. The van der Waals surface area contributed by atoms with Gasteiger partial charge in [-0.3, -0.25) is 9.48 Å². The smallest absolute Gasteiger partial charge is 0.410 e. The molecule has 28 heavy (non-hydrogen) atoms. The van der Waals surface area contributed by atoms with Gasteiger partial charge in [0.25, 0.3) is 0 Å². The van der Waals surface area contributed by atoms with Crippen LogP contribution in [0.15, 0.2) is 30.3 Å². The van der Waals surface area contributed by atoms with E-state index in [4.69, 9.17) is 4.74 Å². The van der Waals surface area contributed by atoms with Gasteiger partial charge in [0, 0.05) is 17.9 Å². The van der Waals surface area contributed by atoms with E-state index in [1.165, 1.54) is 0 Å². The number of hydrogen-bond donors (Lipinski definition) is 1. The molecule has 0 aliphatic heterocycles. The highest BCUT2D eigenvalue weighted by Crippen LogP contribution is 2.19. The van der Waals surface area contributed by atoms with Crippen molar-refractivity contribution >= 4 is 17.7 Å². The summed E-state index contributed by atoms with van der Waals surface area (Å²) < 4.78 is 7.14. The number of ether oxygens (including phenoxy) is 1. The highest BCUT2D eigenvalue weighted by Gasteiger charge is 2.22. The number of nitrogens with zero attached hydrogens (tertiary/aromatic N) is 3. The minimum Gasteiger partial charge on any atom is -0.444 e. The van der Waals surface area contributed by atoms with Crippen LogP contribution < -0.4 is 5.32 Å². The van der Waals surface area contributed by atoms with Gasteiger partial charge >= 0.3 is 6.09 Å². The molecule has 0 bridgehead atoms. The maximum Gasteiger partial charge on any atom is 0.410 e. The largest absolute Gasteiger partial charge is 0.444 e. The molecule has 0 spiro atoms. The first-order valence-corrected chi connectivity index (χ1v) is 9.45. The second kappa shape index (κ2) is 8.91. The van der Waals surface area contributed by atoms with Crippen molar-refractivity contribution in [1.82, 2.24) is 14.7 Å². The average molecular weight is 386 g/mol. The molecule has 152 valence electrons. The number of aromatic nitrogens is 2. The monoisotopic (exact) mass is 386 g/mol. The Bertz CT molecular complexity index is 836. The molecule has 1 aromatic heterocycles. The van der Waals surface area contributed by atoms with Gasteiger partial charge in [0.2, 0.25) is 5.91 Å². The van der Waals surface area contributed by atoms with Crippen LogP contribution in [-0.4, -0.2) is 38.8 Å². The van der Waals surface area contributed by atoms with Crippen LogP contribution in [0.4, 0.5) is 10.5 Å². The maximum atomic E-state index is 12.5. The van der Waals surface area contributed by atoms with E-state index in [0.717, 1.165) is 17.0 Å². The second-order valence-electron chi connectivity index (χ2n) is 7.78. The number of para-hydroxylation sites is 1. The molecule has 0 unspecified atom stereocenters. The Balaban J connectivity index is 2.10. The molecule has 7 heteroatoms. The lowest BCUT2D eigenvalue weighted by Gasteiger charge is -2.27. The van der Waals surface area contributed by atoms with E-state index in [9.17, 15) is 9.59 Å². The summed E-state index contributed by atoms with van der Waals surface area (Å²) in [4.78, 5) is 26.5. The topological polar surface area (TPSA) is 76.5 Å². The molecule has 1 N–H and O–H groups in total. The van der Waals surface area contributed by atoms with Gasteiger partial charge in [0.1, 0.15) is 12.1 Å². The van der Waals surface area contributed by atoms with E-state index >= 15 is 0 Å². The fourth-order valence-electron chi connectivity index (χ4n) is 2.78. The van der Waals surface area contributed by atoms with Crippen molar-refractivity contribution in [2.45, 2.75) is 60.2 Å². The van der Waals surface area contributed by atoms with Gasteiger partial charge in [-0.2, -0.15) is 5.10 Å². The summed E-state index contributed by atoms with van der Waals surface area (Å²) in [5.74, 6) is -0.168. The Morgan fingerprint density at radius 2 is 1.89 bits per heavy atom. The van der Waals surface area contributed by atoms with Gasteiger partial charge in [-0.15, -0.1) is 0 Å². The zero-order valence-corrected chi connectivity index (χ0v) is 17.6. The Morgan fingerprint density at radius 1 is 1.21 bits per heavy atom. The highest BCUT2D eigenvalue weighted by atomic mass is 16.6. The van der Waals surface area contributed by atoms with E-state index in [2.05, 4.69) is 10.4 Å². The molecule has 0 radical (unpaired) electrons. The first-order chi connectivity index (χ1) is 13.1. The lowest BCUT2D eigenvalue weighted by atomic mass is 10.1. The molecule has 2 amide bonds. The molecule has 0 aliphatic carbocycles. The van der Waals surface area contributed by atoms with Crippen molar-refractivity contribution in [2.75, 3.05) is 11.9 Å². The van der Waals surface area contributed by atoms with E-state index in [1.807, 2.05) is 71.9 Å². The third kappa shape index (κ3) is 6.11. The SMILES string of the molecule is CCN(Cc1ccccc1NC(=O)Cn1nc(C)cc1C)C(=O)OC(C)(C)C. The number of carbonyl (C=O) groups is 2. The van der Waals surface area contributed by atoms with Crippen molar-refractivity contribution in [2.24, 2.45) is 0 Å². The first kappa shape index (κ1) is 21.5.